The zero-order chi connectivity index (χ0) is 26.5. The topological polar surface area (TPSA) is 76.2 Å². The first-order valence-corrected chi connectivity index (χ1v) is 13.3. The number of methoxy groups -OCH3 is 2. The lowest BCUT2D eigenvalue weighted by Crippen LogP contribution is -2.48. The first-order valence-electron chi connectivity index (χ1n) is 13.3. The Kier molecular flexibility index (Phi) is 8.52. The molecular formula is C30H38N2O5. The van der Waals surface area contributed by atoms with Gasteiger partial charge in [-0.25, -0.2) is 4.90 Å². The van der Waals surface area contributed by atoms with Crippen LogP contribution < -0.4 is 14.4 Å². The van der Waals surface area contributed by atoms with Crippen molar-refractivity contribution < 1.29 is 23.9 Å². The van der Waals surface area contributed by atoms with E-state index in [2.05, 4.69) is 13.8 Å². The summed E-state index contributed by atoms with van der Waals surface area (Å²) in [5.41, 5.74) is 2.67. The van der Waals surface area contributed by atoms with Crippen molar-refractivity contribution in [1.29, 1.82) is 0 Å². The van der Waals surface area contributed by atoms with Crippen LogP contribution in [0.1, 0.15) is 69.4 Å². The van der Waals surface area contributed by atoms with Crippen LogP contribution in [0.5, 0.6) is 11.5 Å². The molecular weight excluding hydrogens is 468 g/mol. The molecule has 1 atom stereocenters. The van der Waals surface area contributed by atoms with E-state index in [1.807, 2.05) is 42.5 Å². The number of anilines is 1. The van der Waals surface area contributed by atoms with Crippen LogP contribution in [0.15, 0.2) is 42.5 Å². The summed E-state index contributed by atoms with van der Waals surface area (Å²) in [6, 6.07) is 12.4. The number of nitrogens with zero attached hydrogens (tertiary/aromatic N) is 2. The molecule has 198 valence electrons. The molecule has 7 nitrogen and oxygen atoms in total. The van der Waals surface area contributed by atoms with Crippen molar-refractivity contribution in [3.63, 3.8) is 0 Å². The number of amides is 3. The van der Waals surface area contributed by atoms with Gasteiger partial charge in [0, 0.05) is 12.5 Å². The summed E-state index contributed by atoms with van der Waals surface area (Å²) >= 11 is 0. The summed E-state index contributed by atoms with van der Waals surface area (Å²) in [5, 5.41) is 0. The van der Waals surface area contributed by atoms with Crippen molar-refractivity contribution in [3.05, 3.63) is 53.6 Å². The van der Waals surface area contributed by atoms with Gasteiger partial charge in [0.15, 0.2) is 11.5 Å². The van der Waals surface area contributed by atoms with Crippen LogP contribution in [0.3, 0.4) is 0 Å². The van der Waals surface area contributed by atoms with Gasteiger partial charge < -0.3 is 14.4 Å². The highest BCUT2D eigenvalue weighted by Gasteiger charge is 2.45. The maximum Gasteiger partial charge on any atom is 0.257 e. The fourth-order valence-electron chi connectivity index (χ4n) is 5.43. The molecule has 1 saturated heterocycles. The second-order valence-electron chi connectivity index (χ2n) is 10.3. The van der Waals surface area contributed by atoms with Crippen molar-refractivity contribution in [1.82, 2.24) is 4.90 Å². The van der Waals surface area contributed by atoms with Crippen LogP contribution >= 0.6 is 0 Å². The van der Waals surface area contributed by atoms with Crippen LogP contribution in [0.4, 0.5) is 5.69 Å². The number of benzene rings is 2. The maximum absolute atomic E-state index is 13.7. The Morgan fingerprint density at radius 2 is 1.65 bits per heavy atom. The summed E-state index contributed by atoms with van der Waals surface area (Å²) in [6.45, 7) is 4.56. The Balaban J connectivity index is 1.57. The average Bonchev–Trinajstić information content (AvgIpc) is 3.22. The minimum atomic E-state index is -0.785. The SMILES string of the molecule is COc1ccc(CCN(C(=O)C2CCCCC2)C2CC(=O)N(c3ccc(C(C)C)cc3)C2=O)cc1OC. The maximum atomic E-state index is 13.7. The van der Waals surface area contributed by atoms with Gasteiger partial charge in [-0.3, -0.25) is 14.4 Å². The van der Waals surface area contributed by atoms with Crippen LogP contribution in [0.25, 0.3) is 0 Å². The minimum Gasteiger partial charge on any atom is -0.493 e. The van der Waals surface area contributed by atoms with Crippen molar-refractivity contribution in [2.45, 2.75) is 70.8 Å². The third kappa shape index (κ3) is 5.81. The molecule has 37 heavy (non-hydrogen) atoms. The van der Waals surface area contributed by atoms with Gasteiger partial charge in [0.1, 0.15) is 6.04 Å². The molecule has 1 saturated carbocycles. The second-order valence-corrected chi connectivity index (χ2v) is 10.3. The van der Waals surface area contributed by atoms with Gasteiger partial charge in [-0.1, -0.05) is 51.3 Å². The summed E-state index contributed by atoms with van der Waals surface area (Å²) in [6.07, 6.45) is 5.39. The Labute approximate surface area is 219 Å². The van der Waals surface area contributed by atoms with E-state index in [0.29, 0.717) is 36.1 Å². The van der Waals surface area contributed by atoms with Gasteiger partial charge >= 0.3 is 0 Å². The first kappa shape index (κ1) is 26.7. The van der Waals surface area contributed by atoms with E-state index in [1.54, 1.807) is 19.1 Å². The molecule has 1 aliphatic heterocycles. The summed E-state index contributed by atoms with van der Waals surface area (Å²) in [7, 11) is 3.18. The smallest absolute Gasteiger partial charge is 0.257 e. The molecule has 7 heteroatoms. The zero-order valence-corrected chi connectivity index (χ0v) is 22.4. The monoisotopic (exact) mass is 506 g/mol. The Morgan fingerprint density at radius 1 is 0.973 bits per heavy atom. The molecule has 2 aliphatic rings. The molecule has 1 unspecified atom stereocenters. The lowest BCUT2D eigenvalue weighted by molar-refractivity contribution is -0.142. The lowest BCUT2D eigenvalue weighted by atomic mass is 9.87. The summed E-state index contributed by atoms with van der Waals surface area (Å²) < 4.78 is 10.8. The molecule has 3 amide bonds. The number of carbonyl (C=O) groups is 3. The highest BCUT2D eigenvalue weighted by molar-refractivity contribution is 6.23. The Hall–Kier alpha value is -3.35. The predicted octanol–water partition coefficient (Wildman–Crippen LogP) is 5.11. The van der Waals surface area contributed by atoms with Gasteiger partial charge in [0.2, 0.25) is 11.8 Å². The normalized spacial score (nSPS) is 18.4. The van der Waals surface area contributed by atoms with Gasteiger partial charge in [-0.15, -0.1) is 0 Å². The molecule has 0 radical (unpaired) electrons. The third-order valence-electron chi connectivity index (χ3n) is 7.64. The fraction of sp³-hybridized carbons (Fsp3) is 0.500. The van der Waals surface area contributed by atoms with Gasteiger partial charge in [0.05, 0.1) is 26.3 Å². The second kappa shape index (κ2) is 11.8. The molecule has 1 heterocycles. The van der Waals surface area contributed by atoms with Crippen molar-refractivity contribution in [3.8, 4) is 11.5 Å². The minimum absolute atomic E-state index is 0.00909. The average molecular weight is 507 g/mol. The van der Waals surface area contributed by atoms with E-state index in [1.165, 1.54) is 4.90 Å². The number of rotatable bonds is 9. The number of carbonyl (C=O) groups excluding carboxylic acids is 3. The van der Waals surface area contributed by atoms with Crippen molar-refractivity contribution in [2.24, 2.45) is 5.92 Å². The highest BCUT2D eigenvalue weighted by Crippen LogP contribution is 2.32. The quantitative estimate of drug-likeness (QED) is 0.442. The predicted molar refractivity (Wildman–Crippen MR) is 143 cm³/mol. The number of hydrogen-bond acceptors (Lipinski definition) is 5. The molecule has 0 spiro atoms. The molecule has 2 fully saturated rings. The first-order chi connectivity index (χ1) is 17.8. The molecule has 0 aromatic heterocycles. The molecule has 4 rings (SSSR count). The van der Waals surface area contributed by atoms with Crippen LogP contribution in [0, 0.1) is 5.92 Å². The van der Waals surface area contributed by atoms with E-state index in [-0.39, 0.29) is 30.1 Å². The highest BCUT2D eigenvalue weighted by atomic mass is 16.5. The molecule has 1 aliphatic carbocycles. The molecule has 0 N–H and O–H groups in total. The standard InChI is InChI=1S/C30H38N2O5/c1-20(2)22-11-13-24(14-12-22)32-28(33)19-25(30(32)35)31(29(34)23-8-6-5-7-9-23)17-16-21-10-15-26(36-3)27(18-21)37-4/h10-15,18,20,23,25H,5-9,16-17,19H2,1-4H3. The van der Waals surface area contributed by atoms with Gasteiger partial charge in [0.25, 0.3) is 5.91 Å². The van der Waals surface area contributed by atoms with Gasteiger partial charge in [-0.2, -0.15) is 0 Å². The van der Waals surface area contributed by atoms with Crippen LogP contribution in [0.2, 0.25) is 0 Å². The van der Waals surface area contributed by atoms with Gasteiger partial charge in [-0.05, 0) is 60.6 Å². The lowest BCUT2D eigenvalue weighted by Gasteiger charge is -2.32. The Morgan fingerprint density at radius 3 is 2.27 bits per heavy atom. The van der Waals surface area contributed by atoms with E-state index in [4.69, 9.17) is 9.47 Å². The molecule has 2 aromatic carbocycles. The van der Waals surface area contributed by atoms with E-state index in [9.17, 15) is 14.4 Å². The summed E-state index contributed by atoms with van der Waals surface area (Å²) in [5.74, 6) is 0.917. The van der Waals surface area contributed by atoms with E-state index in [0.717, 1.165) is 43.2 Å². The Bertz CT molecular complexity index is 1120. The van der Waals surface area contributed by atoms with Crippen molar-refractivity contribution >= 4 is 23.4 Å². The van der Waals surface area contributed by atoms with E-state index >= 15 is 0 Å². The zero-order valence-electron chi connectivity index (χ0n) is 22.4. The molecule has 0 bridgehead atoms. The molecule has 2 aromatic rings. The summed E-state index contributed by atoms with van der Waals surface area (Å²) in [4.78, 5) is 43.4. The van der Waals surface area contributed by atoms with Crippen LogP contribution in [-0.4, -0.2) is 49.4 Å². The largest absolute Gasteiger partial charge is 0.493 e. The van der Waals surface area contributed by atoms with Crippen LogP contribution in [-0.2, 0) is 20.8 Å². The number of ether oxygens (including phenoxy) is 2. The van der Waals surface area contributed by atoms with E-state index < -0.39 is 6.04 Å². The fourth-order valence-corrected chi connectivity index (χ4v) is 5.43. The van der Waals surface area contributed by atoms with Crippen molar-refractivity contribution in [2.75, 3.05) is 25.7 Å². The number of hydrogen-bond donors (Lipinski definition) is 0. The number of imide groups is 1. The third-order valence-corrected chi connectivity index (χ3v) is 7.64.